The second kappa shape index (κ2) is 2.19. The van der Waals surface area contributed by atoms with Gasteiger partial charge in [-0.2, -0.15) is 0 Å². The Morgan fingerprint density at radius 2 is 2.21 bits per heavy atom. The van der Waals surface area contributed by atoms with Crippen molar-refractivity contribution in [1.82, 2.24) is 19.5 Å². The molecule has 70 valence electrons. The molecular weight excluding hydrogens is 186 g/mol. The van der Waals surface area contributed by atoms with Crippen LogP contribution in [0.1, 0.15) is 0 Å². The number of nitrogens with zero attached hydrogens (tertiary/aromatic N) is 3. The van der Waals surface area contributed by atoms with Crippen molar-refractivity contribution in [2.45, 2.75) is 6.54 Å². The van der Waals surface area contributed by atoms with Crippen LogP contribution in [0.15, 0.2) is 11.1 Å². The Labute approximate surface area is 76.8 Å². The number of anilines is 1. The Morgan fingerprint density at radius 1 is 1.36 bits per heavy atom. The molecule has 0 saturated heterocycles. The molecule has 0 spiro atoms. The van der Waals surface area contributed by atoms with E-state index in [0.717, 1.165) is 0 Å². The zero-order valence-electron chi connectivity index (χ0n) is 6.94. The highest BCUT2D eigenvalue weighted by atomic mass is 16.2. The molecule has 1 aliphatic heterocycles. The number of amides is 1. The molecule has 7 heteroatoms. The third kappa shape index (κ3) is 0.754. The first-order chi connectivity index (χ1) is 6.75. The molecule has 14 heavy (non-hydrogen) atoms. The lowest BCUT2D eigenvalue weighted by Crippen LogP contribution is -2.30. The van der Waals surface area contributed by atoms with Gasteiger partial charge < -0.3 is 5.32 Å². The van der Waals surface area contributed by atoms with Crippen molar-refractivity contribution < 1.29 is 4.79 Å². The molecule has 1 aliphatic rings. The molecule has 2 N–H and O–H groups in total. The van der Waals surface area contributed by atoms with Gasteiger partial charge in [-0.15, -0.1) is 0 Å². The highest BCUT2D eigenvalue weighted by Crippen LogP contribution is 2.19. The van der Waals surface area contributed by atoms with Crippen LogP contribution in [0, 0.1) is 0 Å². The molecule has 0 atom stereocenters. The van der Waals surface area contributed by atoms with Gasteiger partial charge in [0.25, 0.3) is 0 Å². The maximum atomic E-state index is 11.4. The molecule has 0 unspecified atom stereocenters. The Balaban J connectivity index is 2.53. The Kier molecular flexibility index (Phi) is 1.13. The van der Waals surface area contributed by atoms with E-state index in [1.165, 1.54) is 10.9 Å². The molecular formula is C7H5N5O2. The van der Waals surface area contributed by atoms with Gasteiger partial charge in [0.05, 0.1) is 0 Å². The summed E-state index contributed by atoms with van der Waals surface area (Å²) in [4.78, 5) is 32.8. The van der Waals surface area contributed by atoms with Crippen LogP contribution < -0.4 is 11.0 Å². The largest absolute Gasteiger partial charge is 0.328 e. The summed E-state index contributed by atoms with van der Waals surface area (Å²) in [6.45, 7) is 0.0131. The number of nitrogens with one attached hydrogen (secondary N) is 2. The fourth-order valence-corrected chi connectivity index (χ4v) is 1.55. The summed E-state index contributed by atoms with van der Waals surface area (Å²) in [7, 11) is 0. The van der Waals surface area contributed by atoms with Crippen LogP contribution in [-0.2, 0) is 11.3 Å². The van der Waals surface area contributed by atoms with Crippen LogP contribution >= 0.6 is 0 Å². The molecule has 2 aromatic rings. The molecule has 0 fully saturated rings. The minimum atomic E-state index is -0.336. The number of imidazole rings is 1. The molecule has 3 heterocycles. The fraction of sp³-hybridized carbons (Fsp3) is 0.143. The van der Waals surface area contributed by atoms with Crippen molar-refractivity contribution in [2.75, 3.05) is 5.32 Å². The summed E-state index contributed by atoms with van der Waals surface area (Å²) in [5, 5.41) is 2.57. The topological polar surface area (TPSA) is 92.7 Å². The summed E-state index contributed by atoms with van der Waals surface area (Å²) < 4.78 is 1.32. The first-order valence-corrected chi connectivity index (χ1v) is 3.99. The lowest BCUT2D eigenvalue weighted by atomic mass is 10.4. The number of H-pyrrole nitrogens is 1. The average Bonchev–Trinajstić information content (AvgIpc) is 2.45. The van der Waals surface area contributed by atoms with Gasteiger partial charge in [0.1, 0.15) is 18.4 Å². The van der Waals surface area contributed by atoms with Crippen LogP contribution in [0.4, 0.5) is 5.82 Å². The van der Waals surface area contributed by atoms with Crippen LogP contribution in [-0.4, -0.2) is 25.4 Å². The molecule has 3 rings (SSSR count). The van der Waals surface area contributed by atoms with E-state index in [1.807, 2.05) is 0 Å². The van der Waals surface area contributed by atoms with Crippen molar-refractivity contribution in [3.8, 4) is 0 Å². The van der Waals surface area contributed by atoms with Gasteiger partial charge in [0.15, 0.2) is 11.5 Å². The van der Waals surface area contributed by atoms with Gasteiger partial charge >= 0.3 is 5.69 Å². The number of hydrogen-bond donors (Lipinski definition) is 2. The smallest absolute Gasteiger partial charge is 0.307 e. The number of hydrogen-bond acceptors (Lipinski definition) is 4. The molecule has 0 aliphatic carbocycles. The second-order valence-corrected chi connectivity index (χ2v) is 2.98. The van der Waals surface area contributed by atoms with E-state index in [2.05, 4.69) is 20.3 Å². The average molecular weight is 191 g/mol. The van der Waals surface area contributed by atoms with E-state index >= 15 is 0 Å². The van der Waals surface area contributed by atoms with E-state index in [-0.39, 0.29) is 18.1 Å². The number of rotatable bonds is 0. The minimum absolute atomic E-state index is 0.0131. The van der Waals surface area contributed by atoms with Crippen LogP contribution in [0.5, 0.6) is 0 Å². The molecule has 2 aromatic heterocycles. The molecule has 7 nitrogen and oxygen atoms in total. The van der Waals surface area contributed by atoms with Gasteiger partial charge in [-0.1, -0.05) is 0 Å². The van der Waals surface area contributed by atoms with Gasteiger partial charge in [-0.05, 0) is 0 Å². The van der Waals surface area contributed by atoms with Crippen molar-refractivity contribution in [3.05, 3.63) is 16.8 Å². The molecule has 0 bridgehead atoms. The second-order valence-electron chi connectivity index (χ2n) is 2.98. The Hall–Kier alpha value is -2.18. The Bertz CT molecular complexity index is 596. The normalized spacial score (nSPS) is 14.4. The van der Waals surface area contributed by atoms with E-state index in [0.29, 0.717) is 17.0 Å². The predicted molar refractivity (Wildman–Crippen MR) is 46.8 cm³/mol. The third-order valence-corrected chi connectivity index (χ3v) is 2.12. The van der Waals surface area contributed by atoms with Crippen molar-refractivity contribution in [3.63, 3.8) is 0 Å². The third-order valence-electron chi connectivity index (χ3n) is 2.12. The maximum Gasteiger partial charge on any atom is 0.328 e. The zero-order valence-corrected chi connectivity index (χ0v) is 6.94. The molecule has 1 amide bonds. The summed E-state index contributed by atoms with van der Waals surface area (Å²) in [5.74, 6) is 0.129. The quantitative estimate of drug-likeness (QED) is 0.562. The van der Waals surface area contributed by atoms with E-state index < -0.39 is 0 Å². The standard InChI is InChI=1S/C7H5N5O2/c13-3-1-12-4-5(10-3)8-2-9-6(4)11-7(12)14/h2H,1H2,(H2,8,9,10,11,13,14). The SMILES string of the molecule is O=C1Cn2c(=O)[nH]c3ncnc(c32)N1. The van der Waals surface area contributed by atoms with Crippen molar-refractivity contribution in [1.29, 1.82) is 0 Å². The minimum Gasteiger partial charge on any atom is -0.307 e. The Morgan fingerprint density at radius 3 is 3.07 bits per heavy atom. The van der Waals surface area contributed by atoms with Gasteiger partial charge in [0.2, 0.25) is 5.91 Å². The molecule has 0 saturated carbocycles. The monoisotopic (exact) mass is 191 g/mol. The number of carbonyl (C=O) groups excluding carboxylic acids is 1. The molecule has 0 aromatic carbocycles. The zero-order chi connectivity index (χ0) is 9.71. The number of carbonyl (C=O) groups is 1. The number of aromatic nitrogens is 4. The van der Waals surface area contributed by atoms with E-state index in [4.69, 9.17) is 0 Å². The van der Waals surface area contributed by atoms with Crippen molar-refractivity contribution >= 4 is 22.9 Å². The predicted octanol–water partition coefficient (Wildman–Crippen LogP) is -0.928. The molecule has 0 radical (unpaired) electrons. The van der Waals surface area contributed by atoms with Gasteiger partial charge in [0, 0.05) is 0 Å². The lowest BCUT2D eigenvalue weighted by molar-refractivity contribution is -0.116. The van der Waals surface area contributed by atoms with E-state index in [9.17, 15) is 9.59 Å². The number of aromatic amines is 1. The summed E-state index contributed by atoms with van der Waals surface area (Å²) in [6.07, 6.45) is 1.30. The van der Waals surface area contributed by atoms with Crippen LogP contribution in [0.3, 0.4) is 0 Å². The summed E-state index contributed by atoms with van der Waals surface area (Å²) >= 11 is 0. The lowest BCUT2D eigenvalue weighted by Gasteiger charge is -2.12. The van der Waals surface area contributed by atoms with Gasteiger partial charge in [-0.3, -0.25) is 14.3 Å². The summed E-state index contributed by atoms with van der Waals surface area (Å²) in [6, 6.07) is 0. The first-order valence-electron chi connectivity index (χ1n) is 3.99. The van der Waals surface area contributed by atoms with Crippen LogP contribution in [0.25, 0.3) is 11.2 Å². The van der Waals surface area contributed by atoms with Gasteiger partial charge in [-0.25, -0.2) is 14.8 Å². The highest BCUT2D eigenvalue weighted by Gasteiger charge is 2.21. The van der Waals surface area contributed by atoms with Crippen molar-refractivity contribution in [2.24, 2.45) is 0 Å². The summed E-state index contributed by atoms with van der Waals surface area (Å²) in [5.41, 5.74) is 0.661. The maximum absolute atomic E-state index is 11.4. The highest BCUT2D eigenvalue weighted by molar-refractivity contribution is 6.00. The van der Waals surface area contributed by atoms with Crippen LogP contribution in [0.2, 0.25) is 0 Å². The fourth-order valence-electron chi connectivity index (χ4n) is 1.55. The first kappa shape index (κ1) is 7.25. The van der Waals surface area contributed by atoms with E-state index in [1.54, 1.807) is 0 Å².